The molecule has 0 aromatic rings. The van der Waals surface area contributed by atoms with E-state index in [0.29, 0.717) is 6.54 Å². The van der Waals surface area contributed by atoms with Gasteiger partial charge in [-0.25, -0.2) is 0 Å². The average molecular weight is 288 g/mol. The van der Waals surface area contributed by atoms with Gasteiger partial charge in [0.25, 0.3) is 0 Å². The van der Waals surface area contributed by atoms with E-state index in [1.165, 1.54) is 0 Å². The van der Waals surface area contributed by atoms with E-state index in [2.05, 4.69) is 31.0 Å². The van der Waals surface area contributed by atoms with E-state index in [1.54, 1.807) is 6.08 Å². The summed E-state index contributed by atoms with van der Waals surface area (Å²) >= 11 is 0. The molecule has 1 unspecified atom stereocenters. The molecule has 0 saturated heterocycles. The summed E-state index contributed by atoms with van der Waals surface area (Å²) in [6, 6.07) is 0. The first-order valence-electron chi connectivity index (χ1n) is 7.47. The second kappa shape index (κ2) is 10.8. The lowest BCUT2D eigenvalue weighted by Crippen LogP contribution is -2.31. The van der Waals surface area contributed by atoms with Gasteiger partial charge in [-0.2, -0.15) is 0 Å². The quantitative estimate of drug-likeness (QED) is 0.485. The van der Waals surface area contributed by atoms with Crippen LogP contribution in [0.4, 0.5) is 0 Å². The fraction of sp³-hybridized carbons (Fsp3) is 0.444. The van der Waals surface area contributed by atoms with Crippen LogP contribution in [0, 0.1) is 11.3 Å². The van der Waals surface area contributed by atoms with Gasteiger partial charge in [0.2, 0.25) is 5.91 Å². The van der Waals surface area contributed by atoms with Gasteiger partial charge in [0.1, 0.15) is 0 Å². The summed E-state index contributed by atoms with van der Waals surface area (Å²) in [4.78, 5) is 11.9. The second-order valence-corrected chi connectivity index (χ2v) is 5.06. The van der Waals surface area contributed by atoms with Crippen molar-refractivity contribution >= 4 is 12.1 Å². The first-order chi connectivity index (χ1) is 9.96. The van der Waals surface area contributed by atoms with Crippen molar-refractivity contribution in [3.63, 3.8) is 0 Å². The van der Waals surface area contributed by atoms with Crippen LogP contribution in [-0.4, -0.2) is 18.7 Å². The van der Waals surface area contributed by atoms with E-state index in [9.17, 15) is 4.79 Å². The molecule has 2 N–H and O–H groups in total. The Morgan fingerprint density at radius 3 is 2.52 bits per heavy atom. The highest BCUT2D eigenvalue weighted by atomic mass is 16.1. The Morgan fingerprint density at radius 1 is 1.33 bits per heavy atom. The molecule has 116 valence electrons. The smallest absolute Gasteiger partial charge is 0.232 e. The number of rotatable bonds is 9. The molecule has 0 aliphatic heterocycles. The Bertz CT molecular complexity index is 456. The lowest BCUT2D eigenvalue weighted by Gasteiger charge is -2.10. The molecule has 0 aliphatic rings. The molecule has 1 atom stereocenters. The number of hydrogen-bond acceptors (Lipinski definition) is 2. The van der Waals surface area contributed by atoms with Crippen LogP contribution in [0.3, 0.4) is 0 Å². The number of nitrogens with one attached hydrogen (secondary N) is 2. The zero-order valence-electron chi connectivity index (χ0n) is 13.7. The van der Waals surface area contributed by atoms with Gasteiger partial charge in [0.15, 0.2) is 0 Å². The molecule has 3 nitrogen and oxygen atoms in total. The predicted octanol–water partition coefficient (Wildman–Crippen LogP) is 4.19. The molecule has 0 radical (unpaired) electrons. The maximum atomic E-state index is 11.9. The minimum absolute atomic E-state index is 0.134. The molecular weight excluding hydrogens is 260 g/mol. The molecule has 0 heterocycles. The summed E-state index contributed by atoms with van der Waals surface area (Å²) in [6.07, 6.45) is 11.0. The van der Waals surface area contributed by atoms with E-state index in [4.69, 9.17) is 5.41 Å². The Labute approximate surface area is 129 Å². The molecule has 21 heavy (non-hydrogen) atoms. The van der Waals surface area contributed by atoms with Gasteiger partial charge in [0.05, 0.1) is 5.92 Å². The third kappa shape index (κ3) is 8.08. The maximum absolute atomic E-state index is 11.9. The van der Waals surface area contributed by atoms with Gasteiger partial charge < -0.3 is 10.7 Å². The Kier molecular flexibility index (Phi) is 9.86. The van der Waals surface area contributed by atoms with Crippen LogP contribution in [0.1, 0.15) is 40.5 Å². The minimum atomic E-state index is -0.534. The fourth-order valence-corrected chi connectivity index (χ4v) is 1.68. The van der Waals surface area contributed by atoms with E-state index in [-0.39, 0.29) is 5.91 Å². The Hall–Kier alpha value is -1.90. The molecule has 3 heteroatoms. The monoisotopic (exact) mass is 288 g/mol. The van der Waals surface area contributed by atoms with Gasteiger partial charge >= 0.3 is 0 Å². The van der Waals surface area contributed by atoms with Crippen LogP contribution in [0.15, 0.2) is 47.6 Å². The van der Waals surface area contributed by atoms with E-state index in [0.717, 1.165) is 35.8 Å². The van der Waals surface area contributed by atoms with Crippen molar-refractivity contribution in [2.45, 2.75) is 40.5 Å². The predicted molar refractivity (Wildman–Crippen MR) is 91.7 cm³/mol. The van der Waals surface area contributed by atoms with Crippen LogP contribution < -0.4 is 5.32 Å². The first-order valence-corrected chi connectivity index (χ1v) is 7.47. The number of hydrogen-bond donors (Lipinski definition) is 2. The zero-order valence-corrected chi connectivity index (χ0v) is 13.7. The summed E-state index contributed by atoms with van der Waals surface area (Å²) in [5.41, 5.74) is 2.90. The average Bonchev–Trinajstić information content (AvgIpc) is 2.47. The molecule has 0 saturated carbocycles. The lowest BCUT2D eigenvalue weighted by atomic mass is 10.0. The molecule has 0 aliphatic carbocycles. The van der Waals surface area contributed by atoms with Crippen LogP contribution in [-0.2, 0) is 4.79 Å². The van der Waals surface area contributed by atoms with Gasteiger partial charge in [-0.1, -0.05) is 50.3 Å². The molecule has 0 spiro atoms. The van der Waals surface area contributed by atoms with Gasteiger partial charge in [-0.15, -0.1) is 0 Å². The molecule has 1 amide bonds. The highest BCUT2D eigenvalue weighted by Gasteiger charge is 2.12. The van der Waals surface area contributed by atoms with Gasteiger partial charge in [-0.05, 0) is 37.8 Å². The highest BCUT2D eigenvalue weighted by molar-refractivity contribution is 5.94. The third-order valence-corrected chi connectivity index (χ3v) is 2.99. The molecule has 0 aromatic carbocycles. The summed E-state index contributed by atoms with van der Waals surface area (Å²) in [6.45, 7) is 12.7. The van der Waals surface area contributed by atoms with Crippen molar-refractivity contribution in [3.8, 4) is 0 Å². The maximum Gasteiger partial charge on any atom is 0.232 e. The van der Waals surface area contributed by atoms with Gasteiger partial charge in [0, 0.05) is 12.8 Å². The van der Waals surface area contributed by atoms with E-state index >= 15 is 0 Å². The molecule has 0 aromatic heterocycles. The number of allylic oxidation sites excluding steroid dienone is 6. The Morgan fingerprint density at radius 2 is 2.00 bits per heavy atom. The Balaban J connectivity index is 4.90. The second-order valence-electron chi connectivity index (χ2n) is 5.06. The normalized spacial score (nSPS) is 14.1. The summed E-state index contributed by atoms with van der Waals surface area (Å²) in [7, 11) is 0. The zero-order chi connectivity index (χ0) is 16.3. The van der Waals surface area contributed by atoms with Crippen LogP contribution in [0.25, 0.3) is 0 Å². The van der Waals surface area contributed by atoms with E-state index in [1.807, 2.05) is 26.8 Å². The van der Waals surface area contributed by atoms with Gasteiger partial charge in [-0.3, -0.25) is 4.79 Å². The van der Waals surface area contributed by atoms with Crippen molar-refractivity contribution < 1.29 is 4.79 Å². The number of carbonyl (C=O) groups is 1. The summed E-state index contributed by atoms with van der Waals surface area (Å²) in [5, 5.41) is 10.2. The molecular formula is C18H28N2O. The van der Waals surface area contributed by atoms with Crippen molar-refractivity contribution in [1.82, 2.24) is 5.32 Å². The van der Waals surface area contributed by atoms with Crippen LogP contribution in [0.2, 0.25) is 0 Å². The third-order valence-electron chi connectivity index (χ3n) is 2.99. The van der Waals surface area contributed by atoms with Crippen LogP contribution >= 0.6 is 0 Å². The summed E-state index contributed by atoms with van der Waals surface area (Å²) < 4.78 is 0. The summed E-state index contributed by atoms with van der Waals surface area (Å²) in [5.74, 6) is -0.668. The van der Waals surface area contributed by atoms with Crippen molar-refractivity contribution in [3.05, 3.63) is 47.6 Å². The largest absolute Gasteiger partial charge is 0.355 e. The van der Waals surface area contributed by atoms with Crippen molar-refractivity contribution in [2.24, 2.45) is 5.92 Å². The molecule has 0 fully saturated rings. The molecule has 0 bridgehead atoms. The first kappa shape index (κ1) is 19.1. The topological polar surface area (TPSA) is 53.0 Å². The fourth-order valence-electron chi connectivity index (χ4n) is 1.68. The standard InChI is InChI=1S/C18H28N2O/c1-6-8-9-14(3)11-15(4)16(5)12-17(13-19)18(21)20-10-7-2/h8-9,11-13,17,19H,4,6-7,10H2,1-3,5H3,(H,20,21)/b9-8-,14-11-,16-12+,19-13?. The van der Waals surface area contributed by atoms with Crippen molar-refractivity contribution in [2.75, 3.05) is 6.54 Å². The van der Waals surface area contributed by atoms with Crippen LogP contribution in [0.5, 0.6) is 0 Å². The van der Waals surface area contributed by atoms with E-state index < -0.39 is 5.92 Å². The lowest BCUT2D eigenvalue weighted by molar-refractivity contribution is -0.121. The SMILES string of the molecule is C=C(/C=C(C)\C=C/CC)/C(C)=C/C(C=N)C(=O)NCCC. The molecule has 0 rings (SSSR count). The number of amides is 1. The van der Waals surface area contributed by atoms with Crippen molar-refractivity contribution in [1.29, 1.82) is 5.41 Å². The minimum Gasteiger partial charge on any atom is -0.355 e. The number of carbonyl (C=O) groups excluding carboxylic acids is 1. The highest BCUT2D eigenvalue weighted by Crippen LogP contribution is 2.14.